The molecular formula is C26H22FN3O3. The maximum absolute atomic E-state index is 13.9. The number of carbonyl (C=O) groups excluding carboxylic acids is 2. The number of aryl methyl sites for hydroxylation is 1. The molecule has 6 nitrogen and oxygen atoms in total. The Morgan fingerprint density at radius 1 is 1.00 bits per heavy atom. The number of anilines is 1. The Balaban J connectivity index is 1.72. The fraction of sp³-hybridized carbons (Fsp3) is 0.115. The van der Waals surface area contributed by atoms with E-state index in [1.165, 1.54) is 16.8 Å². The largest absolute Gasteiger partial charge is 0.461 e. The molecule has 4 rings (SSSR count). The molecule has 1 aromatic heterocycles. The molecule has 166 valence electrons. The summed E-state index contributed by atoms with van der Waals surface area (Å²) in [4.78, 5) is 25.0. The van der Waals surface area contributed by atoms with Gasteiger partial charge in [-0.05, 0) is 62.4 Å². The molecule has 1 heterocycles. The van der Waals surface area contributed by atoms with Crippen LogP contribution in [-0.4, -0.2) is 28.3 Å². The van der Waals surface area contributed by atoms with Crippen LogP contribution in [0.5, 0.6) is 0 Å². The zero-order valence-corrected chi connectivity index (χ0v) is 18.2. The quantitative estimate of drug-likeness (QED) is 0.404. The molecule has 0 radical (unpaired) electrons. The van der Waals surface area contributed by atoms with E-state index in [2.05, 4.69) is 10.4 Å². The summed E-state index contributed by atoms with van der Waals surface area (Å²) in [5.41, 5.74) is 3.90. The van der Waals surface area contributed by atoms with Gasteiger partial charge >= 0.3 is 5.97 Å². The Hall–Kier alpha value is -4.26. The van der Waals surface area contributed by atoms with Crippen LogP contribution in [0.25, 0.3) is 16.9 Å². The second kappa shape index (κ2) is 9.48. The minimum atomic E-state index is -0.571. The summed E-state index contributed by atoms with van der Waals surface area (Å²) >= 11 is 0. The number of esters is 1. The van der Waals surface area contributed by atoms with Crippen molar-refractivity contribution in [3.63, 3.8) is 0 Å². The predicted octanol–water partition coefficient (Wildman–Crippen LogP) is 5.42. The molecule has 0 atom stereocenters. The highest BCUT2D eigenvalue weighted by atomic mass is 19.1. The van der Waals surface area contributed by atoms with Crippen molar-refractivity contribution in [3.05, 3.63) is 102 Å². The monoisotopic (exact) mass is 443 g/mol. The Morgan fingerprint density at radius 3 is 2.55 bits per heavy atom. The molecule has 1 amide bonds. The average molecular weight is 443 g/mol. The SMILES string of the molecule is CCOC(=O)c1cc(-c2cccc(NC(=O)c3cccc(C)c3)c2)n(-c2cccc(F)c2)n1. The molecule has 4 aromatic rings. The van der Waals surface area contributed by atoms with E-state index in [0.717, 1.165) is 5.56 Å². The predicted molar refractivity (Wildman–Crippen MR) is 124 cm³/mol. The molecule has 0 fully saturated rings. The van der Waals surface area contributed by atoms with Crippen LogP contribution in [0.4, 0.5) is 10.1 Å². The first-order valence-corrected chi connectivity index (χ1v) is 10.5. The van der Waals surface area contributed by atoms with E-state index in [0.29, 0.717) is 28.2 Å². The zero-order chi connectivity index (χ0) is 23.4. The third-order valence-electron chi connectivity index (χ3n) is 4.94. The summed E-state index contributed by atoms with van der Waals surface area (Å²) in [7, 11) is 0. The summed E-state index contributed by atoms with van der Waals surface area (Å²) in [6.45, 7) is 3.84. The highest BCUT2D eigenvalue weighted by molar-refractivity contribution is 6.04. The topological polar surface area (TPSA) is 73.2 Å². The van der Waals surface area contributed by atoms with Gasteiger partial charge in [-0.3, -0.25) is 4.79 Å². The Kier molecular flexibility index (Phi) is 6.31. The number of halogens is 1. The first-order chi connectivity index (χ1) is 15.9. The summed E-state index contributed by atoms with van der Waals surface area (Å²) in [6.07, 6.45) is 0. The second-order valence-electron chi connectivity index (χ2n) is 7.43. The van der Waals surface area contributed by atoms with Gasteiger partial charge in [0.25, 0.3) is 5.91 Å². The standard InChI is InChI=1S/C26H22FN3O3/c1-3-33-26(32)23-16-24(30(29-23)22-12-6-10-20(27)15-22)18-8-5-11-21(14-18)28-25(31)19-9-4-7-17(2)13-19/h4-16H,3H2,1-2H3,(H,28,31). The fourth-order valence-corrected chi connectivity index (χ4v) is 3.44. The Bertz CT molecular complexity index is 1330. The number of benzene rings is 3. The van der Waals surface area contributed by atoms with Gasteiger partial charge < -0.3 is 10.1 Å². The number of hydrogen-bond acceptors (Lipinski definition) is 4. The van der Waals surface area contributed by atoms with Crippen LogP contribution in [0.15, 0.2) is 78.9 Å². The van der Waals surface area contributed by atoms with Crippen molar-refractivity contribution in [2.45, 2.75) is 13.8 Å². The van der Waals surface area contributed by atoms with Crippen LogP contribution < -0.4 is 5.32 Å². The average Bonchev–Trinajstić information content (AvgIpc) is 3.25. The highest BCUT2D eigenvalue weighted by Crippen LogP contribution is 2.27. The van der Waals surface area contributed by atoms with Gasteiger partial charge in [-0.2, -0.15) is 5.10 Å². The number of amides is 1. The number of rotatable bonds is 6. The molecule has 0 bridgehead atoms. The minimum absolute atomic E-state index is 0.102. The molecule has 33 heavy (non-hydrogen) atoms. The minimum Gasteiger partial charge on any atom is -0.461 e. The van der Waals surface area contributed by atoms with Crippen LogP contribution in [0.1, 0.15) is 33.3 Å². The summed E-state index contributed by atoms with van der Waals surface area (Å²) in [5.74, 6) is -1.23. The van der Waals surface area contributed by atoms with Crippen LogP contribution in [-0.2, 0) is 4.74 Å². The van der Waals surface area contributed by atoms with Crippen LogP contribution >= 0.6 is 0 Å². The maximum atomic E-state index is 13.9. The van der Waals surface area contributed by atoms with Gasteiger partial charge in [-0.25, -0.2) is 13.9 Å². The van der Waals surface area contributed by atoms with E-state index in [-0.39, 0.29) is 18.2 Å². The molecule has 0 unspecified atom stereocenters. The second-order valence-corrected chi connectivity index (χ2v) is 7.43. The van der Waals surface area contributed by atoms with Crippen molar-refractivity contribution < 1.29 is 18.7 Å². The van der Waals surface area contributed by atoms with Gasteiger partial charge in [0.1, 0.15) is 5.82 Å². The molecule has 0 aliphatic rings. The molecule has 1 N–H and O–H groups in total. The van der Waals surface area contributed by atoms with E-state index >= 15 is 0 Å². The summed E-state index contributed by atoms with van der Waals surface area (Å²) in [5, 5.41) is 7.25. The van der Waals surface area contributed by atoms with Gasteiger partial charge in [0.05, 0.1) is 18.0 Å². The van der Waals surface area contributed by atoms with E-state index in [1.54, 1.807) is 49.4 Å². The molecule has 0 saturated carbocycles. The maximum Gasteiger partial charge on any atom is 0.358 e. The lowest BCUT2D eigenvalue weighted by Gasteiger charge is -2.10. The Morgan fingerprint density at radius 2 is 1.79 bits per heavy atom. The first kappa shape index (κ1) is 22.0. The van der Waals surface area contributed by atoms with Gasteiger partial charge in [-0.15, -0.1) is 0 Å². The molecule has 0 aliphatic heterocycles. The number of nitrogens with one attached hydrogen (secondary N) is 1. The molecule has 0 saturated heterocycles. The number of ether oxygens (including phenoxy) is 1. The summed E-state index contributed by atoms with van der Waals surface area (Å²) in [6, 6.07) is 22.0. The van der Waals surface area contributed by atoms with Crippen molar-refractivity contribution in [2.24, 2.45) is 0 Å². The summed E-state index contributed by atoms with van der Waals surface area (Å²) < 4.78 is 20.5. The van der Waals surface area contributed by atoms with E-state index in [1.807, 2.05) is 31.2 Å². The third kappa shape index (κ3) is 4.98. The molecule has 7 heteroatoms. The van der Waals surface area contributed by atoms with E-state index in [4.69, 9.17) is 4.74 Å². The molecule has 0 aliphatic carbocycles. The lowest BCUT2D eigenvalue weighted by atomic mass is 10.1. The number of carbonyl (C=O) groups is 2. The van der Waals surface area contributed by atoms with Gasteiger partial charge in [-0.1, -0.05) is 35.9 Å². The van der Waals surface area contributed by atoms with Crippen LogP contribution in [0.2, 0.25) is 0 Å². The van der Waals surface area contributed by atoms with Crippen molar-refractivity contribution in [3.8, 4) is 16.9 Å². The highest BCUT2D eigenvalue weighted by Gasteiger charge is 2.18. The lowest BCUT2D eigenvalue weighted by Crippen LogP contribution is -2.12. The smallest absolute Gasteiger partial charge is 0.358 e. The molecule has 0 spiro atoms. The first-order valence-electron chi connectivity index (χ1n) is 10.5. The van der Waals surface area contributed by atoms with E-state index < -0.39 is 11.8 Å². The van der Waals surface area contributed by atoms with Crippen molar-refractivity contribution in [2.75, 3.05) is 11.9 Å². The van der Waals surface area contributed by atoms with Gasteiger partial charge in [0.2, 0.25) is 0 Å². The normalized spacial score (nSPS) is 10.6. The molecular weight excluding hydrogens is 421 g/mol. The van der Waals surface area contributed by atoms with Crippen LogP contribution in [0, 0.1) is 12.7 Å². The van der Waals surface area contributed by atoms with Crippen molar-refractivity contribution in [1.29, 1.82) is 0 Å². The van der Waals surface area contributed by atoms with Gasteiger partial charge in [0.15, 0.2) is 5.69 Å². The fourth-order valence-electron chi connectivity index (χ4n) is 3.44. The number of aromatic nitrogens is 2. The van der Waals surface area contributed by atoms with Crippen molar-refractivity contribution >= 4 is 17.6 Å². The van der Waals surface area contributed by atoms with Gasteiger partial charge in [0, 0.05) is 16.8 Å². The van der Waals surface area contributed by atoms with E-state index in [9.17, 15) is 14.0 Å². The zero-order valence-electron chi connectivity index (χ0n) is 18.2. The Labute approximate surface area is 190 Å². The van der Waals surface area contributed by atoms with Crippen molar-refractivity contribution in [1.82, 2.24) is 9.78 Å². The van der Waals surface area contributed by atoms with Crippen LogP contribution in [0.3, 0.4) is 0 Å². The number of nitrogens with zero attached hydrogens (tertiary/aromatic N) is 2. The molecule has 3 aromatic carbocycles. The lowest BCUT2D eigenvalue weighted by molar-refractivity contribution is 0.0519. The number of hydrogen-bond donors (Lipinski definition) is 1. The third-order valence-corrected chi connectivity index (χ3v) is 4.94.